The second kappa shape index (κ2) is 13.6. The maximum absolute atomic E-state index is 13.2. The van der Waals surface area contributed by atoms with Crippen LogP contribution in [0.5, 0.6) is 34.5 Å². The van der Waals surface area contributed by atoms with Gasteiger partial charge >= 0.3 is 17.9 Å². The van der Waals surface area contributed by atoms with E-state index in [1.54, 1.807) is 26.0 Å². The summed E-state index contributed by atoms with van der Waals surface area (Å²) in [6.07, 6.45) is 0. The fourth-order valence-electron chi connectivity index (χ4n) is 4.29. The van der Waals surface area contributed by atoms with Gasteiger partial charge in [-0.1, -0.05) is 0 Å². The van der Waals surface area contributed by atoms with Crippen LogP contribution in [-0.4, -0.2) is 73.1 Å². The molecule has 0 bridgehead atoms. The van der Waals surface area contributed by atoms with Gasteiger partial charge in [-0.15, -0.1) is 0 Å². The van der Waals surface area contributed by atoms with E-state index in [2.05, 4.69) is 5.32 Å². The molecule has 13 heteroatoms. The number of esters is 2. The lowest BCUT2D eigenvalue weighted by molar-refractivity contribution is -0.140. The molecule has 0 aliphatic rings. The number of ether oxygens (including phenoxy) is 5. The molecule has 4 N–H and O–H groups in total. The van der Waals surface area contributed by atoms with Crippen LogP contribution in [0.4, 0.5) is 0 Å². The van der Waals surface area contributed by atoms with Gasteiger partial charge in [0.2, 0.25) is 0 Å². The summed E-state index contributed by atoms with van der Waals surface area (Å²) in [6, 6.07) is 6.71. The number of hydrogen-bond donors (Lipinski definition) is 4. The molecule has 0 heterocycles. The molecular weight excluding hydrogens is 566 g/mol. The third-order valence-corrected chi connectivity index (χ3v) is 6.35. The molecule has 0 saturated heterocycles. The number of nitrogens with one attached hydrogen (secondary N) is 1. The molecule has 13 nitrogen and oxygen atoms in total. The summed E-state index contributed by atoms with van der Waals surface area (Å²) in [4.78, 5) is 49.9. The molecule has 0 aliphatic carbocycles. The Morgan fingerprint density at radius 3 is 1.56 bits per heavy atom. The number of methoxy groups -OCH3 is 3. The van der Waals surface area contributed by atoms with E-state index in [1.807, 2.05) is 0 Å². The van der Waals surface area contributed by atoms with Gasteiger partial charge in [-0.25, -0.2) is 14.4 Å². The number of hydrogen-bond acceptors (Lipinski definition) is 11. The van der Waals surface area contributed by atoms with Gasteiger partial charge in [0.25, 0.3) is 5.91 Å². The van der Waals surface area contributed by atoms with Crippen LogP contribution in [0.25, 0.3) is 0 Å². The molecule has 0 fully saturated rings. The summed E-state index contributed by atoms with van der Waals surface area (Å²) in [5, 5.41) is 30.7. The number of benzene rings is 3. The van der Waals surface area contributed by atoms with Crippen LogP contribution in [0, 0.1) is 20.8 Å². The smallest absolute Gasteiger partial charge is 0.347 e. The monoisotopic (exact) mass is 597 g/mol. The third-order valence-electron chi connectivity index (χ3n) is 6.35. The van der Waals surface area contributed by atoms with E-state index in [4.69, 9.17) is 33.9 Å². The minimum absolute atomic E-state index is 0.00622. The zero-order valence-corrected chi connectivity index (χ0v) is 24.3. The summed E-state index contributed by atoms with van der Waals surface area (Å²) in [5.74, 6) is -3.82. The Bertz CT molecular complexity index is 1560. The molecule has 1 unspecified atom stereocenters. The van der Waals surface area contributed by atoms with Gasteiger partial charge in [0, 0.05) is 18.2 Å². The highest BCUT2D eigenvalue weighted by Gasteiger charge is 2.26. The highest BCUT2D eigenvalue weighted by Crippen LogP contribution is 2.34. The second-order valence-electron chi connectivity index (χ2n) is 9.30. The number of carbonyl (C=O) groups is 4. The van der Waals surface area contributed by atoms with E-state index in [-0.39, 0.29) is 45.3 Å². The lowest BCUT2D eigenvalue weighted by atomic mass is 10.0. The fourth-order valence-corrected chi connectivity index (χ4v) is 4.29. The minimum Gasteiger partial charge on any atom is -0.507 e. The molecule has 3 aromatic carbocycles. The SMILES string of the molecule is COc1cc(C)c(C(=O)Oc2cc(C)c(C(=O)Oc3cc(C)c(C(=O)NC(CO)C(=O)O)c(O)c3)c(OC)c2)c(OC)c1. The van der Waals surface area contributed by atoms with Gasteiger partial charge in [-0.2, -0.15) is 0 Å². The topological polar surface area (TPSA) is 187 Å². The highest BCUT2D eigenvalue weighted by atomic mass is 16.5. The van der Waals surface area contributed by atoms with Crippen LogP contribution in [0.2, 0.25) is 0 Å². The van der Waals surface area contributed by atoms with E-state index in [0.29, 0.717) is 16.9 Å². The molecule has 3 rings (SSSR count). The number of rotatable bonds is 11. The van der Waals surface area contributed by atoms with Crippen molar-refractivity contribution in [2.75, 3.05) is 27.9 Å². The first-order valence-electron chi connectivity index (χ1n) is 12.7. The third kappa shape index (κ3) is 7.13. The van der Waals surface area contributed by atoms with E-state index >= 15 is 0 Å². The van der Waals surface area contributed by atoms with Crippen LogP contribution in [0.3, 0.4) is 0 Å². The molecule has 0 saturated carbocycles. The average molecular weight is 598 g/mol. The number of aliphatic carboxylic acids is 1. The number of amides is 1. The Morgan fingerprint density at radius 2 is 1.14 bits per heavy atom. The predicted molar refractivity (Wildman–Crippen MR) is 151 cm³/mol. The average Bonchev–Trinajstić information content (AvgIpc) is 2.94. The maximum Gasteiger partial charge on any atom is 0.347 e. The number of carboxylic acid groups (broad SMARTS) is 1. The van der Waals surface area contributed by atoms with Crippen molar-refractivity contribution in [1.29, 1.82) is 0 Å². The lowest BCUT2D eigenvalue weighted by Crippen LogP contribution is -2.43. The van der Waals surface area contributed by atoms with Crippen molar-refractivity contribution < 1.29 is 58.2 Å². The van der Waals surface area contributed by atoms with E-state index in [1.165, 1.54) is 46.5 Å². The molecule has 1 amide bonds. The van der Waals surface area contributed by atoms with Crippen molar-refractivity contribution in [2.45, 2.75) is 26.8 Å². The van der Waals surface area contributed by atoms with Crippen molar-refractivity contribution in [2.24, 2.45) is 0 Å². The first-order chi connectivity index (χ1) is 20.3. The van der Waals surface area contributed by atoms with E-state index < -0.39 is 42.2 Å². The van der Waals surface area contributed by atoms with Crippen molar-refractivity contribution in [3.8, 4) is 34.5 Å². The number of aryl methyl sites for hydroxylation is 3. The zero-order chi connectivity index (χ0) is 32.0. The van der Waals surface area contributed by atoms with Crippen molar-refractivity contribution in [1.82, 2.24) is 5.32 Å². The van der Waals surface area contributed by atoms with E-state index in [9.17, 15) is 24.3 Å². The molecule has 43 heavy (non-hydrogen) atoms. The molecule has 228 valence electrons. The number of phenols is 1. The Labute approximate surface area is 246 Å². The molecular formula is C30H31NO12. The van der Waals surface area contributed by atoms with Crippen LogP contribution in [-0.2, 0) is 4.79 Å². The number of phenolic OH excluding ortho intramolecular Hbond substituents is 1. The lowest BCUT2D eigenvalue weighted by Gasteiger charge is -2.16. The first-order valence-corrected chi connectivity index (χ1v) is 12.7. The van der Waals surface area contributed by atoms with Gasteiger partial charge in [-0.3, -0.25) is 4.79 Å². The van der Waals surface area contributed by atoms with Gasteiger partial charge in [0.15, 0.2) is 6.04 Å². The van der Waals surface area contributed by atoms with Crippen molar-refractivity contribution in [3.63, 3.8) is 0 Å². The zero-order valence-electron chi connectivity index (χ0n) is 24.3. The summed E-state index contributed by atoms with van der Waals surface area (Å²) in [7, 11) is 4.21. The number of aliphatic hydroxyl groups excluding tert-OH is 1. The summed E-state index contributed by atoms with van der Waals surface area (Å²) in [6.45, 7) is 3.86. The largest absolute Gasteiger partial charge is 0.507 e. The normalized spacial score (nSPS) is 11.2. The fraction of sp³-hybridized carbons (Fsp3) is 0.267. The standard InChI is InChI=1S/C30H31NO12/c1-14-8-18(10-21(33)24(14)27(34)31-20(13-32)28(35)36)42-29(37)26-16(3)9-19(12-23(26)41-6)43-30(38)25-15(2)7-17(39-4)11-22(25)40-5/h7-12,20,32-33H,13H2,1-6H3,(H,31,34)(H,35,36). The summed E-state index contributed by atoms with van der Waals surface area (Å²) >= 11 is 0. The predicted octanol–water partition coefficient (Wildman–Crippen LogP) is 2.96. The molecule has 1 atom stereocenters. The first kappa shape index (κ1) is 32.2. The molecule has 0 radical (unpaired) electrons. The van der Waals surface area contributed by atoms with Crippen molar-refractivity contribution >= 4 is 23.8 Å². The van der Waals surface area contributed by atoms with Crippen LogP contribution >= 0.6 is 0 Å². The second-order valence-corrected chi connectivity index (χ2v) is 9.30. The molecule has 0 spiro atoms. The molecule has 3 aromatic rings. The van der Waals surface area contributed by atoms with Crippen LogP contribution in [0.1, 0.15) is 47.8 Å². The number of aliphatic hydroxyl groups is 1. The number of carbonyl (C=O) groups excluding carboxylic acids is 3. The van der Waals surface area contributed by atoms with Crippen LogP contribution in [0.15, 0.2) is 36.4 Å². The number of aromatic hydroxyl groups is 1. The maximum atomic E-state index is 13.2. The quantitative estimate of drug-likeness (QED) is 0.187. The van der Waals surface area contributed by atoms with E-state index in [0.717, 1.165) is 6.07 Å². The Morgan fingerprint density at radius 1 is 0.698 bits per heavy atom. The van der Waals surface area contributed by atoms with Crippen LogP contribution < -0.4 is 29.0 Å². The highest BCUT2D eigenvalue weighted by molar-refractivity contribution is 6.01. The Kier molecular flexibility index (Phi) is 10.2. The summed E-state index contributed by atoms with van der Waals surface area (Å²) in [5.41, 5.74) is 0.992. The molecule has 0 aromatic heterocycles. The van der Waals surface area contributed by atoms with Gasteiger partial charge in [-0.05, 0) is 55.7 Å². The van der Waals surface area contributed by atoms with Gasteiger partial charge in [0.1, 0.15) is 45.6 Å². The van der Waals surface area contributed by atoms with Gasteiger partial charge < -0.3 is 44.3 Å². The summed E-state index contributed by atoms with van der Waals surface area (Å²) < 4.78 is 26.9. The Hall–Kier alpha value is -5.30. The van der Waals surface area contributed by atoms with Crippen molar-refractivity contribution in [3.05, 3.63) is 69.8 Å². The minimum atomic E-state index is -1.58. The number of carboxylic acids is 1. The molecule has 0 aliphatic heterocycles. The Balaban J connectivity index is 1.86. The van der Waals surface area contributed by atoms with Gasteiger partial charge in [0.05, 0.1) is 33.5 Å².